The van der Waals surface area contributed by atoms with Crippen molar-refractivity contribution in [2.24, 2.45) is 0 Å². The first-order valence-corrected chi connectivity index (χ1v) is 6.32. The molecule has 0 atom stereocenters. The molecule has 0 spiro atoms. The van der Waals surface area contributed by atoms with Gasteiger partial charge in [0.05, 0.1) is 0 Å². The fourth-order valence-corrected chi connectivity index (χ4v) is 2.00. The van der Waals surface area contributed by atoms with Gasteiger partial charge in [-0.05, 0) is 25.5 Å². The van der Waals surface area contributed by atoms with Gasteiger partial charge in [0.1, 0.15) is 6.54 Å². The predicted octanol–water partition coefficient (Wildman–Crippen LogP) is 2.56. The summed E-state index contributed by atoms with van der Waals surface area (Å²) in [4.78, 5) is 26.8. The molecule has 4 nitrogen and oxygen atoms in total. The molecule has 1 aliphatic rings. The number of aryl methyl sites for hydroxylation is 1. The topological polar surface area (TPSA) is 40.6 Å². The number of amides is 3. The molecule has 1 saturated heterocycles. The van der Waals surface area contributed by atoms with Gasteiger partial charge in [-0.3, -0.25) is 14.6 Å². The Morgan fingerprint density at radius 2 is 1.83 bits per heavy atom. The van der Waals surface area contributed by atoms with Gasteiger partial charge in [-0.15, -0.1) is 0 Å². The van der Waals surface area contributed by atoms with Crippen LogP contribution in [0, 0.1) is 6.92 Å². The summed E-state index contributed by atoms with van der Waals surface area (Å²) in [6, 6.07) is 7.45. The van der Waals surface area contributed by atoms with E-state index in [9.17, 15) is 9.59 Å². The SMILES string of the molecule is CCCCN1C(=O)CN(c2ccc(C)cc2)C1=O. The first-order valence-electron chi connectivity index (χ1n) is 6.32. The second-order valence-electron chi connectivity index (χ2n) is 4.60. The van der Waals surface area contributed by atoms with Gasteiger partial charge in [-0.1, -0.05) is 31.0 Å². The number of benzene rings is 1. The molecule has 0 unspecified atom stereocenters. The van der Waals surface area contributed by atoms with Crippen molar-refractivity contribution in [1.29, 1.82) is 0 Å². The van der Waals surface area contributed by atoms with E-state index < -0.39 is 0 Å². The highest BCUT2D eigenvalue weighted by Gasteiger charge is 2.36. The molecular formula is C14H18N2O2. The van der Waals surface area contributed by atoms with Gasteiger partial charge >= 0.3 is 6.03 Å². The number of imide groups is 1. The second-order valence-corrected chi connectivity index (χ2v) is 4.60. The van der Waals surface area contributed by atoms with Crippen molar-refractivity contribution in [2.75, 3.05) is 18.0 Å². The molecule has 1 heterocycles. The molecule has 0 bridgehead atoms. The Balaban J connectivity index is 2.14. The zero-order valence-electron chi connectivity index (χ0n) is 10.8. The van der Waals surface area contributed by atoms with Gasteiger partial charge in [-0.2, -0.15) is 0 Å². The first kappa shape index (κ1) is 12.6. The summed E-state index contributed by atoms with van der Waals surface area (Å²) in [7, 11) is 0. The molecule has 96 valence electrons. The zero-order chi connectivity index (χ0) is 13.1. The lowest BCUT2D eigenvalue weighted by Crippen LogP contribution is -2.33. The Morgan fingerprint density at radius 1 is 1.17 bits per heavy atom. The Hall–Kier alpha value is -1.84. The van der Waals surface area contributed by atoms with E-state index in [-0.39, 0.29) is 18.5 Å². The number of hydrogen-bond acceptors (Lipinski definition) is 2. The van der Waals surface area contributed by atoms with E-state index in [2.05, 4.69) is 0 Å². The molecular weight excluding hydrogens is 228 g/mol. The van der Waals surface area contributed by atoms with E-state index in [0.717, 1.165) is 24.1 Å². The molecule has 0 saturated carbocycles. The second kappa shape index (κ2) is 5.21. The van der Waals surface area contributed by atoms with E-state index in [1.165, 1.54) is 9.80 Å². The Labute approximate surface area is 107 Å². The number of rotatable bonds is 4. The van der Waals surface area contributed by atoms with Crippen molar-refractivity contribution in [1.82, 2.24) is 4.90 Å². The summed E-state index contributed by atoms with van der Waals surface area (Å²) in [6.07, 6.45) is 1.83. The summed E-state index contributed by atoms with van der Waals surface area (Å²) in [5.41, 5.74) is 1.93. The van der Waals surface area contributed by atoms with E-state index >= 15 is 0 Å². The number of nitrogens with zero attached hydrogens (tertiary/aromatic N) is 2. The number of urea groups is 1. The molecule has 4 heteroatoms. The van der Waals surface area contributed by atoms with Crippen LogP contribution in [0.3, 0.4) is 0 Å². The fraction of sp³-hybridized carbons (Fsp3) is 0.429. The summed E-state index contributed by atoms with van der Waals surface area (Å²) >= 11 is 0. The maximum atomic E-state index is 12.1. The third-order valence-corrected chi connectivity index (χ3v) is 3.14. The lowest BCUT2D eigenvalue weighted by atomic mass is 10.2. The quantitative estimate of drug-likeness (QED) is 0.766. The highest BCUT2D eigenvalue weighted by atomic mass is 16.2. The largest absolute Gasteiger partial charge is 0.331 e. The maximum Gasteiger partial charge on any atom is 0.331 e. The number of carbonyl (C=O) groups is 2. The molecule has 18 heavy (non-hydrogen) atoms. The minimum Gasteiger partial charge on any atom is -0.285 e. The average Bonchev–Trinajstić information content (AvgIpc) is 2.64. The van der Waals surface area contributed by atoms with Gasteiger partial charge in [0.15, 0.2) is 0 Å². The monoisotopic (exact) mass is 246 g/mol. The lowest BCUT2D eigenvalue weighted by molar-refractivity contribution is -0.124. The van der Waals surface area contributed by atoms with Crippen LogP contribution in [0.15, 0.2) is 24.3 Å². The normalized spacial score (nSPS) is 15.7. The zero-order valence-corrected chi connectivity index (χ0v) is 10.8. The molecule has 1 aliphatic heterocycles. The molecule has 0 aromatic heterocycles. The van der Waals surface area contributed by atoms with Crippen LogP contribution in [0.4, 0.5) is 10.5 Å². The minimum absolute atomic E-state index is 0.103. The molecule has 3 amide bonds. The van der Waals surface area contributed by atoms with Crippen molar-refractivity contribution in [3.05, 3.63) is 29.8 Å². The smallest absolute Gasteiger partial charge is 0.285 e. The Kier molecular flexibility index (Phi) is 3.65. The van der Waals surface area contributed by atoms with Crippen molar-refractivity contribution >= 4 is 17.6 Å². The highest BCUT2D eigenvalue weighted by molar-refractivity contribution is 6.12. The summed E-state index contributed by atoms with van der Waals surface area (Å²) in [6.45, 7) is 4.72. The van der Waals surface area contributed by atoms with Crippen LogP contribution in [0.5, 0.6) is 0 Å². The highest BCUT2D eigenvalue weighted by Crippen LogP contribution is 2.21. The number of hydrogen-bond donors (Lipinski definition) is 0. The van der Waals surface area contributed by atoms with Gasteiger partial charge < -0.3 is 0 Å². The standard InChI is InChI=1S/C14H18N2O2/c1-3-4-9-15-13(17)10-16(14(15)18)12-7-5-11(2)6-8-12/h5-8H,3-4,9-10H2,1-2H3. The number of anilines is 1. The molecule has 1 fully saturated rings. The third-order valence-electron chi connectivity index (χ3n) is 3.14. The van der Waals surface area contributed by atoms with E-state index in [4.69, 9.17) is 0 Å². The van der Waals surface area contributed by atoms with Crippen molar-refractivity contribution < 1.29 is 9.59 Å². The molecule has 0 N–H and O–H groups in total. The van der Waals surface area contributed by atoms with E-state index in [1.54, 1.807) is 0 Å². The van der Waals surface area contributed by atoms with E-state index in [0.29, 0.717) is 6.54 Å². The summed E-state index contributed by atoms with van der Waals surface area (Å²) < 4.78 is 0. The van der Waals surface area contributed by atoms with Crippen LogP contribution < -0.4 is 4.90 Å². The predicted molar refractivity (Wildman–Crippen MR) is 70.5 cm³/mol. The van der Waals surface area contributed by atoms with Crippen LogP contribution in [-0.2, 0) is 4.79 Å². The average molecular weight is 246 g/mol. The molecule has 0 radical (unpaired) electrons. The summed E-state index contributed by atoms with van der Waals surface area (Å²) in [5, 5.41) is 0. The van der Waals surface area contributed by atoms with Crippen LogP contribution in [-0.4, -0.2) is 29.9 Å². The molecule has 2 rings (SSSR count). The van der Waals surface area contributed by atoms with Crippen LogP contribution in [0.25, 0.3) is 0 Å². The Bertz CT molecular complexity index is 453. The molecule has 0 aliphatic carbocycles. The lowest BCUT2D eigenvalue weighted by Gasteiger charge is -2.17. The minimum atomic E-state index is -0.197. The van der Waals surface area contributed by atoms with Gasteiger partial charge in [0.25, 0.3) is 5.91 Å². The fourth-order valence-electron chi connectivity index (χ4n) is 2.00. The van der Waals surface area contributed by atoms with Crippen LogP contribution in [0.1, 0.15) is 25.3 Å². The number of unbranched alkanes of at least 4 members (excludes halogenated alkanes) is 1. The van der Waals surface area contributed by atoms with E-state index in [1.807, 2.05) is 38.1 Å². The van der Waals surface area contributed by atoms with Gasteiger partial charge in [-0.25, -0.2) is 4.79 Å². The number of carbonyl (C=O) groups excluding carboxylic acids is 2. The maximum absolute atomic E-state index is 12.1. The van der Waals surface area contributed by atoms with Gasteiger partial charge in [0.2, 0.25) is 0 Å². The van der Waals surface area contributed by atoms with Crippen LogP contribution in [0.2, 0.25) is 0 Å². The Morgan fingerprint density at radius 3 is 2.44 bits per heavy atom. The summed E-state index contributed by atoms with van der Waals surface area (Å²) in [5.74, 6) is -0.103. The van der Waals surface area contributed by atoms with Crippen molar-refractivity contribution in [2.45, 2.75) is 26.7 Å². The van der Waals surface area contributed by atoms with Crippen molar-refractivity contribution in [3.63, 3.8) is 0 Å². The molecule has 1 aromatic carbocycles. The molecule has 1 aromatic rings. The first-order chi connectivity index (χ1) is 8.63. The third kappa shape index (κ3) is 2.37. The van der Waals surface area contributed by atoms with Crippen LogP contribution >= 0.6 is 0 Å². The van der Waals surface area contributed by atoms with Gasteiger partial charge in [0, 0.05) is 12.2 Å². The van der Waals surface area contributed by atoms with Crippen molar-refractivity contribution in [3.8, 4) is 0 Å².